The highest BCUT2D eigenvalue weighted by atomic mass is 16.5. The molecule has 1 aromatic carbocycles. The largest absolute Gasteiger partial charge is 0.491 e. The standard InChI is InChI=1S/C21H28N4O3/c1-15-11-16(2)25(22-15)14-21(27)24-9-10-28-19-7-5-17(12-18(19)13-24)6-8-20(26)23(3)4/h5,7,11-12H,6,8-10,13-14H2,1-4H3. The van der Waals surface area contributed by atoms with Crippen LogP contribution in [0.1, 0.15) is 28.9 Å². The number of nitrogens with zero attached hydrogens (tertiary/aromatic N) is 4. The molecule has 0 atom stereocenters. The Hall–Kier alpha value is -2.83. The molecule has 0 aliphatic carbocycles. The Morgan fingerprint density at radius 3 is 2.68 bits per heavy atom. The molecule has 2 amide bonds. The van der Waals surface area contributed by atoms with Crippen LogP contribution in [0.15, 0.2) is 24.3 Å². The molecule has 2 aromatic rings. The average molecular weight is 384 g/mol. The van der Waals surface area contributed by atoms with Gasteiger partial charge in [-0.05, 0) is 38.0 Å². The van der Waals surface area contributed by atoms with Crippen molar-refractivity contribution in [2.75, 3.05) is 27.2 Å². The van der Waals surface area contributed by atoms with Crippen LogP contribution in [-0.2, 0) is 29.1 Å². The number of carbonyl (C=O) groups excluding carboxylic acids is 2. The van der Waals surface area contributed by atoms with Crippen molar-refractivity contribution >= 4 is 11.8 Å². The minimum atomic E-state index is 0.0239. The Morgan fingerprint density at radius 2 is 2.00 bits per heavy atom. The van der Waals surface area contributed by atoms with Crippen LogP contribution in [0.2, 0.25) is 0 Å². The van der Waals surface area contributed by atoms with E-state index in [1.165, 1.54) is 0 Å². The molecule has 2 heterocycles. The topological polar surface area (TPSA) is 67.7 Å². The second kappa shape index (κ2) is 8.46. The number of benzene rings is 1. The molecule has 7 heteroatoms. The minimum absolute atomic E-state index is 0.0239. The molecule has 1 aliphatic rings. The first kappa shape index (κ1) is 19.9. The first-order valence-corrected chi connectivity index (χ1v) is 9.57. The number of fused-ring (bicyclic) bond motifs is 1. The van der Waals surface area contributed by atoms with Crippen molar-refractivity contribution in [2.45, 2.75) is 39.8 Å². The highest BCUT2D eigenvalue weighted by molar-refractivity contribution is 5.76. The van der Waals surface area contributed by atoms with E-state index in [1.54, 1.807) is 23.7 Å². The molecule has 0 fully saturated rings. The molecule has 28 heavy (non-hydrogen) atoms. The van der Waals surface area contributed by atoms with Gasteiger partial charge in [0, 0.05) is 38.3 Å². The summed E-state index contributed by atoms with van der Waals surface area (Å²) in [6.45, 7) is 5.62. The lowest BCUT2D eigenvalue weighted by Crippen LogP contribution is -2.35. The summed E-state index contributed by atoms with van der Waals surface area (Å²) < 4.78 is 7.58. The lowest BCUT2D eigenvalue weighted by molar-refractivity contribution is -0.132. The van der Waals surface area contributed by atoms with Gasteiger partial charge in [-0.15, -0.1) is 0 Å². The predicted molar refractivity (Wildman–Crippen MR) is 106 cm³/mol. The molecule has 0 N–H and O–H groups in total. The molecule has 0 unspecified atom stereocenters. The summed E-state index contributed by atoms with van der Waals surface area (Å²) in [6.07, 6.45) is 1.14. The maximum Gasteiger partial charge on any atom is 0.244 e. The van der Waals surface area contributed by atoms with Crippen molar-refractivity contribution < 1.29 is 14.3 Å². The predicted octanol–water partition coefficient (Wildman–Crippen LogP) is 1.94. The fourth-order valence-electron chi connectivity index (χ4n) is 3.35. The number of amides is 2. The van der Waals surface area contributed by atoms with Crippen molar-refractivity contribution in [3.05, 3.63) is 46.8 Å². The van der Waals surface area contributed by atoms with Gasteiger partial charge >= 0.3 is 0 Å². The van der Waals surface area contributed by atoms with E-state index in [1.807, 2.05) is 43.0 Å². The number of hydrogen-bond acceptors (Lipinski definition) is 4. The van der Waals surface area contributed by atoms with Crippen LogP contribution in [0.3, 0.4) is 0 Å². The Bertz CT molecular complexity index is 873. The van der Waals surface area contributed by atoms with E-state index < -0.39 is 0 Å². The van der Waals surface area contributed by atoms with Gasteiger partial charge in [0.05, 0.1) is 12.2 Å². The molecule has 0 spiro atoms. The van der Waals surface area contributed by atoms with Crippen LogP contribution in [0.25, 0.3) is 0 Å². The number of ether oxygens (including phenoxy) is 1. The van der Waals surface area contributed by atoms with Crippen LogP contribution in [-0.4, -0.2) is 58.6 Å². The van der Waals surface area contributed by atoms with E-state index in [0.29, 0.717) is 32.5 Å². The summed E-state index contributed by atoms with van der Waals surface area (Å²) in [5.41, 5.74) is 3.94. The Morgan fingerprint density at radius 1 is 1.21 bits per heavy atom. The van der Waals surface area contributed by atoms with Crippen LogP contribution in [0.4, 0.5) is 0 Å². The highest BCUT2D eigenvalue weighted by Gasteiger charge is 2.21. The van der Waals surface area contributed by atoms with Crippen LogP contribution in [0.5, 0.6) is 5.75 Å². The zero-order chi connectivity index (χ0) is 20.3. The number of aromatic nitrogens is 2. The number of hydrogen-bond donors (Lipinski definition) is 0. The van der Waals surface area contributed by atoms with Gasteiger partial charge < -0.3 is 14.5 Å². The summed E-state index contributed by atoms with van der Waals surface area (Å²) in [7, 11) is 3.53. The summed E-state index contributed by atoms with van der Waals surface area (Å²) in [5.74, 6) is 0.938. The summed E-state index contributed by atoms with van der Waals surface area (Å²) in [6, 6.07) is 7.96. The lowest BCUT2D eigenvalue weighted by atomic mass is 10.0. The number of rotatable bonds is 5. The van der Waals surface area contributed by atoms with Gasteiger partial charge in [-0.25, -0.2) is 0 Å². The first-order chi connectivity index (χ1) is 13.3. The van der Waals surface area contributed by atoms with Gasteiger partial charge in [0.2, 0.25) is 11.8 Å². The second-order valence-corrected chi connectivity index (χ2v) is 7.48. The Labute approximate surface area is 165 Å². The van der Waals surface area contributed by atoms with Gasteiger partial charge in [-0.1, -0.05) is 12.1 Å². The van der Waals surface area contributed by atoms with Crippen molar-refractivity contribution in [1.29, 1.82) is 0 Å². The highest BCUT2D eigenvalue weighted by Crippen LogP contribution is 2.25. The quantitative estimate of drug-likeness (QED) is 0.790. The molecule has 1 aromatic heterocycles. The zero-order valence-corrected chi connectivity index (χ0v) is 17.1. The Balaban J connectivity index is 1.70. The van der Waals surface area contributed by atoms with E-state index in [-0.39, 0.29) is 18.4 Å². The zero-order valence-electron chi connectivity index (χ0n) is 17.1. The first-order valence-electron chi connectivity index (χ1n) is 9.57. The summed E-state index contributed by atoms with van der Waals surface area (Å²) in [5, 5.41) is 4.38. The van der Waals surface area contributed by atoms with Crippen molar-refractivity contribution in [2.24, 2.45) is 0 Å². The molecule has 0 radical (unpaired) electrons. The monoisotopic (exact) mass is 384 g/mol. The molecule has 0 bridgehead atoms. The van der Waals surface area contributed by atoms with E-state index in [9.17, 15) is 9.59 Å². The van der Waals surface area contributed by atoms with E-state index in [4.69, 9.17) is 4.74 Å². The maximum absolute atomic E-state index is 12.8. The molecule has 0 saturated heterocycles. The average Bonchev–Trinajstić information content (AvgIpc) is 2.84. The number of carbonyl (C=O) groups is 2. The third-order valence-corrected chi connectivity index (χ3v) is 4.97. The normalized spacial score (nSPS) is 13.5. The fourth-order valence-corrected chi connectivity index (χ4v) is 3.35. The maximum atomic E-state index is 12.8. The van der Waals surface area contributed by atoms with E-state index in [0.717, 1.165) is 28.3 Å². The van der Waals surface area contributed by atoms with Crippen LogP contribution < -0.4 is 4.74 Å². The van der Waals surface area contributed by atoms with Crippen molar-refractivity contribution in [1.82, 2.24) is 19.6 Å². The van der Waals surface area contributed by atoms with Crippen molar-refractivity contribution in [3.63, 3.8) is 0 Å². The van der Waals surface area contributed by atoms with Gasteiger partial charge in [-0.3, -0.25) is 14.3 Å². The third kappa shape index (κ3) is 4.71. The third-order valence-electron chi connectivity index (χ3n) is 4.97. The van der Waals surface area contributed by atoms with Crippen molar-refractivity contribution in [3.8, 4) is 5.75 Å². The number of aryl methyl sites for hydroxylation is 3. The SMILES string of the molecule is Cc1cc(C)n(CC(=O)N2CCOc3ccc(CCC(=O)N(C)C)cc3C2)n1. The van der Waals surface area contributed by atoms with E-state index in [2.05, 4.69) is 5.10 Å². The van der Waals surface area contributed by atoms with E-state index >= 15 is 0 Å². The molecule has 1 aliphatic heterocycles. The molecule has 7 nitrogen and oxygen atoms in total. The molecular formula is C21H28N4O3. The summed E-state index contributed by atoms with van der Waals surface area (Å²) in [4.78, 5) is 28.1. The second-order valence-electron chi connectivity index (χ2n) is 7.48. The smallest absolute Gasteiger partial charge is 0.244 e. The van der Waals surface area contributed by atoms with Gasteiger partial charge in [0.1, 0.15) is 18.9 Å². The van der Waals surface area contributed by atoms with Gasteiger partial charge in [0.15, 0.2) is 0 Å². The minimum Gasteiger partial charge on any atom is -0.491 e. The van der Waals surface area contributed by atoms with Gasteiger partial charge in [-0.2, -0.15) is 5.10 Å². The van der Waals surface area contributed by atoms with Gasteiger partial charge in [0.25, 0.3) is 0 Å². The molecular weight excluding hydrogens is 356 g/mol. The Kier molecular flexibility index (Phi) is 6.02. The fraction of sp³-hybridized carbons (Fsp3) is 0.476. The lowest BCUT2D eigenvalue weighted by Gasteiger charge is -2.20. The molecule has 0 saturated carbocycles. The van der Waals surface area contributed by atoms with Crippen LogP contribution >= 0.6 is 0 Å². The molecule has 150 valence electrons. The van der Waals surface area contributed by atoms with Crippen LogP contribution in [0, 0.1) is 13.8 Å². The summed E-state index contributed by atoms with van der Waals surface area (Å²) >= 11 is 0. The molecule has 3 rings (SSSR count).